The first-order valence-corrected chi connectivity index (χ1v) is 7.42. The van der Waals surface area contributed by atoms with Crippen LogP contribution in [0.25, 0.3) is 0 Å². The lowest BCUT2D eigenvalue weighted by Crippen LogP contribution is -2.35. The van der Waals surface area contributed by atoms with E-state index in [-0.39, 0.29) is 13.2 Å². The Hall–Kier alpha value is -0.760. The zero-order valence-electron chi connectivity index (χ0n) is 10.9. The fourth-order valence-electron chi connectivity index (χ4n) is 2.52. The highest BCUT2D eigenvalue weighted by molar-refractivity contribution is 6.99. The van der Waals surface area contributed by atoms with Gasteiger partial charge in [0.15, 0.2) is 0 Å². The van der Waals surface area contributed by atoms with Crippen LogP contribution >= 0.6 is 11.7 Å². The minimum Gasteiger partial charge on any atom is -0.473 e. The van der Waals surface area contributed by atoms with Crippen LogP contribution in [-0.4, -0.2) is 51.4 Å². The molecule has 0 radical (unpaired) electrons. The standard InChI is InChI=1S/C12H21N3O3S/c16-7-10-3-1-2-9(10)4-13-5-11(17)8-18-12-6-14-19-15-12/h6,9-11,13,16-17H,1-5,7-8H2. The van der Waals surface area contributed by atoms with Crippen LogP contribution in [0.15, 0.2) is 6.20 Å². The Morgan fingerprint density at radius 1 is 1.47 bits per heavy atom. The van der Waals surface area contributed by atoms with Crippen molar-refractivity contribution in [3.63, 3.8) is 0 Å². The maximum Gasteiger partial charge on any atom is 0.245 e. The molecular formula is C12H21N3O3S. The molecule has 0 aliphatic heterocycles. The average Bonchev–Trinajstić information content (AvgIpc) is 3.07. The van der Waals surface area contributed by atoms with Gasteiger partial charge in [-0.25, -0.2) is 0 Å². The molecule has 19 heavy (non-hydrogen) atoms. The molecule has 3 N–H and O–H groups in total. The van der Waals surface area contributed by atoms with E-state index in [1.54, 1.807) is 0 Å². The largest absolute Gasteiger partial charge is 0.473 e. The Bertz CT molecular complexity index is 350. The van der Waals surface area contributed by atoms with Crippen molar-refractivity contribution in [3.05, 3.63) is 6.20 Å². The fourth-order valence-corrected chi connectivity index (χ4v) is 2.88. The van der Waals surface area contributed by atoms with E-state index >= 15 is 0 Å². The topological polar surface area (TPSA) is 87.5 Å². The van der Waals surface area contributed by atoms with Crippen LogP contribution in [0.3, 0.4) is 0 Å². The second kappa shape index (κ2) is 7.74. The summed E-state index contributed by atoms with van der Waals surface area (Å²) < 4.78 is 13.0. The smallest absolute Gasteiger partial charge is 0.245 e. The monoisotopic (exact) mass is 287 g/mol. The third-order valence-corrected chi connectivity index (χ3v) is 4.06. The molecule has 0 saturated heterocycles. The summed E-state index contributed by atoms with van der Waals surface area (Å²) in [5.41, 5.74) is 0. The van der Waals surface area contributed by atoms with Crippen LogP contribution in [0.2, 0.25) is 0 Å². The molecule has 1 aliphatic rings. The number of aromatic nitrogens is 2. The van der Waals surface area contributed by atoms with Gasteiger partial charge in [-0.2, -0.15) is 4.37 Å². The molecule has 2 rings (SSSR count). The highest BCUT2D eigenvalue weighted by Crippen LogP contribution is 2.30. The molecule has 1 aromatic heterocycles. The summed E-state index contributed by atoms with van der Waals surface area (Å²) in [7, 11) is 0. The lowest BCUT2D eigenvalue weighted by molar-refractivity contribution is 0.102. The average molecular weight is 287 g/mol. The van der Waals surface area contributed by atoms with E-state index in [0.717, 1.165) is 31.1 Å². The molecule has 7 heteroatoms. The number of hydrogen-bond acceptors (Lipinski definition) is 7. The van der Waals surface area contributed by atoms with Gasteiger partial charge >= 0.3 is 0 Å². The lowest BCUT2D eigenvalue weighted by Gasteiger charge is -2.19. The SMILES string of the molecule is OCC1CCCC1CNCC(O)COc1cnsn1. The normalized spacial score (nSPS) is 24.5. The zero-order chi connectivity index (χ0) is 13.5. The van der Waals surface area contributed by atoms with Crippen molar-refractivity contribution >= 4 is 11.7 Å². The predicted molar refractivity (Wildman–Crippen MR) is 72.2 cm³/mol. The second-order valence-corrected chi connectivity index (χ2v) is 5.56. The van der Waals surface area contributed by atoms with Gasteiger partial charge in [-0.15, -0.1) is 4.37 Å². The molecular weight excluding hydrogens is 266 g/mol. The van der Waals surface area contributed by atoms with Crippen LogP contribution < -0.4 is 10.1 Å². The molecule has 3 unspecified atom stereocenters. The number of ether oxygens (including phenoxy) is 1. The molecule has 1 saturated carbocycles. The van der Waals surface area contributed by atoms with Crippen molar-refractivity contribution in [1.82, 2.24) is 14.1 Å². The third kappa shape index (κ3) is 4.68. The maximum absolute atomic E-state index is 9.76. The number of rotatable bonds is 8. The van der Waals surface area contributed by atoms with Crippen molar-refractivity contribution in [2.75, 3.05) is 26.3 Å². The minimum absolute atomic E-state index is 0.215. The number of nitrogens with zero attached hydrogens (tertiary/aromatic N) is 2. The number of aliphatic hydroxyl groups is 2. The summed E-state index contributed by atoms with van der Waals surface area (Å²) in [6, 6.07) is 0. The first-order chi connectivity index (χ1) is 9.29. The molecule has 1 aliphatic carbocycles. The quantitative estimate of drug-likeness (QED) is 0.636. The van der Waals surface area contributed by atoms with E-state index in [1.807, 2.05) is 0 Å². The van der Waals surface area contributed by atoms with E-state index in [1.165, 1.54) is 12.6 Å². The van der Waals surface area contributed by atoms with Gasteiger partial charge in [-0.1, -0.05) is 6.42 Å². The summed E-state index contributed by atoms with van der Waals surface area (Å²) in [5.74, 6) is 1.41. The van der Waals surface area contributed by atoms with Gasteiger partial charge in [0.25, 0.3) is 0 Å². The molecule has 1 fully saturated rings. The van der Waals surface area contributed by atoms with Crippen LogP contribution in [0.5, 0.6) is 5.88 Å². The minimum atomic E-state index is -0.560. The highest BCUT2D eigenvalue weighted by atomic mass is 32.1. The zero-order valence-corrected chi connectivity index (χ0v) is 11.7. The van der Waals surface area contributed by atoms with Gasteiger partial charge in [-0.05, 0) is 31.2 Å². The van der Waals surface area contributed by atoms with Crippen molar-refractivity contribution in [3.8, 4) is 5.88 Å². The number of hydrogen-bond donors (Lipinski definition) is 3. The Labute approximate surface area is 117 Å². The van der Waals surface area contributed by atoms with E-state index in [9.17, 15) is 10.2 Å². The van der Waals surface area contributed by atoms with Crippen molar-refractivity contribution < 1.29 is 14.9 Å². The Morgan fingerprint density at radius 3 is 3.05 bits per heavy atom. The summed E-state index contributed by atoms with van der Waals surface area (Å²) in [4.78, 5) is 0. The molecule has 1 aromatic rings. The van der Waals surface area contributed by atoms with Crippen LogP contribution in [0, 0.1) is 11.8 Å². The predicted octanol–water partition coefficient (Wildman–Crippen LogP) is 0.276. The molecule has 0 amide bonds. The van der Waals surface area contributed by atoms with Gasteiger partial charge in [0.05, 0.1) is 11.7 Å². The Kier molecular flexibility index (Phi) is 5.96. The first kappa shape index (κ1) is 14.6. The molecule has 108 valence electrons. The van der Waals surface area contributed by atoms with Gasteiger partial charge in [0.1, 0.15) is 18.9 Å². The van der Waals surface area contributed by atoms with Crippen LogP contribution in [-0.2, 0) is 0 Å². The second-order valence-electron chi connectivity index (χ2n) is 5.00. The van der Waals surface area contributed by atoms with Crippen molar-refractivity contribution in [2.24, 2.45) is 11.8 Å². The molecule has 0 spiro atoms. The summed E-state index contributed by atoms with van der Waals surface area (Å²) in [5, 5.41) is 22.2. The van der Waals surface area contributed by atoms with Gasteiger partial charge in [0.2, 0.25) is 5.88 Å². The first-order valence-electron chi connectivity index (χ1n) is 6.69. The summed E-state index contributed by atoms with van der Waals surface area (Å²) in [6.45, 7) is 1.83. The van der Waals surface area contributed by atoms with E-state index in [0.29, 0.717) is 24.3 Å². The number of aliphatic hydroxyl groups excluding tert-OH is 2. The fraction of sp³-hybridized carbons (Fsp3) is 0.833. The third-order valence-electron chi connectivity index (χ3n) is 3.60. The van der Waals surface area contributed by atoms with Gasteiger partial charge < -0.3 is 20.3 Å². The number of nitrogens with one attached hydrogen (secondary N) is 1. The van der Waals surface area contributed by atoms with Crippen LogP contribution in [0.1, 0.15) is 19.3 Å². The van der Waals surface area contributed by atoms with E-state index < -0.39 is 6.10 Å². The van der Waals surface area contributed by atoms with Gasteiger partial charge in [0, 0.05) is 13.2 Å². The lowest BCUT2D eigenvalue weighted by atomic mass is 9.97. The molecule has 6 nitrogen and oxygen atoms in total. The van der Waals surface area contributed by atoms with E-state index in [2.05, 4.69) is 14.1 Å². The van der Waals surface area contributed by atoms with Crippen LogP contribution in [0.4, 0.5) is 0 Å². The molecule has 0 aromatic carbocycles. The molecule has 0 bridgehead atoms. The summed E-state index contributed by atoms with van der Waals surface area (Å²) >= 11 is 1.08. The maximum atomic E-state index is 9.76. The van der Waals surface area contributed by atoms with Crippen molar-refractivity contribution in [2.45, 2.75) is 25.4 Å². The molecule has 3 atom stereocenters. The Morgan fingerprint density at radius 2 is 2.32 bits per heavy atom. The van der Waals surface area contributed by atoms with Gasteiger partial charge in [-0.3, -0.25) is 0 Å². The highest BCUT2D eigenvalue weighted by Gasteiger charge is 2.26. The van der Waals surface area contributed by atoms with Crippen molar-refractivity contribution in [1.29, 1.82) is 0 Å². The Balaban J connectivity index is 1.57. The van der Waals surface area contributed by atoms with E-state index in [4.69, 9.17) is 4.74 Å². The molecule has 1 heterocycles. The summed E-state index contributed by atoms with van der Waals surface area (Å²) in [6.07, 6.45) is 4.45.